The van der Waals surface area contributed by atoms with Crippen LogP contribution in [-0.4, -0.2) is 17.9 Å². The average Bonchev–Trinajstić information content (AvgIpc) is 2.33. The summed E-state index contributed by atoms with van der Waals surface area (Å²) in [6.45, 7) is 10.1. The van der Waals surface area contributed by atoms with Gasteiger partial charge >= 0.3 is 5.97 Å². The fourth-order valence-electron chi connectivity index (χ4n) is 3.76. The lowest BCUT2D eigenvalue weighted by Crippen LogP contribution is -2.42. The molecule has 2 rings (SSSR count). The number of carbonyl (C=O) groups is 2. The van der Waals surface area contributed by atoms with Crippen molar-refractivity contribution in [3.05, 3.63) is 11.1 Å². The van der Waals surface area contributed by atoms with E-state index in [1.165, 1.54) is 18.4 Å². The van der Waals surface area contributed by atoms with Crippen molar-refractivity contribution in [2.24, 2.45) is 10.8 Å². The minimum Gasteiger partial charge on any atom is -0.454 e. The maximum Gasteiger partial charge on any atom is 0.307 e. The van der Waals surface area contributed by atoms with Crippen LogP contribution in [-0.2, 0) is 14.3 Å². The van der Waals surface area contributed by atoms with E-state index in [0.717, 1.165) is 18.4 Å². The van der Waals surface area contributed by atoms with Gasteiger partial charge in [0, 0.05) is 6.42 Å². The Morgan fingerprint density at radius 2 is 2.00 bits per heavy atom. The second-order valence-electron chi connectivity index (χ2n) is 8.16. The lowest BCUT2D eigenvalue weighted by Gasteiger charge is -2.43. The van der Waals surface area contributed by atoms with Gasteiger partial charge in [-0.3, -0.25) is 9.59 Å². The molecule has 2 aliphatic carbocycles. The van der Waals surface area contributed by atoms with Gasteiger partial charge in [0.05, 0.1) is 6.42 Å². The molecule has 0 amide bonds. The van der Waals surface area contributed by atoms with E-state index in [9.17, 15) is 9.59 Å². The number of esters is 1. The second kappa shape index (κ2) is 5.58. The highest BCUT2D eigenvalue weighted by molar-refractivity contribution is 6.01. The number of allylic oxidation sites excluding steroid dienone is 1. The molecule has 21 heavy (non-hydrogen) atoms. The molecule has 2 unspecified atom stereocenters. The first-order chi connectivity index (χ1) is 9.62. The summed E-state index contributed by atoms with van der Waals surface area (Å²) in [6.07, 6.45) is 4.93. The predicted molar refractivity (Wildman–Crippen MR) is 82.9 cm³/mol. The molecule has 1 fully saturated rings. The van der Waals surface area contributed by atoms with E-state index in [0.29, 0.717) is 12.8 Å². The summed E-state index contributed by atoms with van der Waals surface area (Å²) in [6, 6.07) is 0. The number of rotatable bonds is 2. The Kier molecular flexibility index (Phi) is 4.32. The van der Waals surface area contributed by atoms with Crippen molar-refractivity contribution in [3.63, 3.8) is 0 Å². The molecular weight excluding hydrogens is 264 g/mol. The maximum atomic E-state index is 12.5. The molecule has 0 spiro atoms. The molecule has 2 atom stereocenters. The van der Waals surface area contributed by atoms with E-state index in [4.69, 9.17) is 4.74 Å². The molecule has 0 bridgehead atoms. The fourth-order valence-corrected chi connectivity index (χ4v) is 3.76. The minimum atomic E-state index is -0.577. The third-order valence-corrected chi connectivity index (χ3v) is 4.83. The number of hydrogen-bond donors (Lipinski definition) is 0. The first-order valence-corrected chi connectivity index (χ1v) is 8.06. The molecule has 3 nitrogen and oxygen atoms in total. The monoisotopic (exact) mass is 292 g/mol. The van der Waals surface area contributed by atoms with Gasteiger partial charge in [0.1, 0.15) is 0 Å². The van der Waals surface area contributed by atoms with E-state index in [1.54, 1.807) is 0 Å². The zero-order valence-corrected chi connectivity index (χ0v) is 14.0. The first kappa shape index (κ1) is 16.3. The molecule has 0 heterocycles. The summed E-state index contributed by atoms with van der Waals surface area (Å²) in [4.78, 5) is 24.5. The van der Waals surface area contributed by atoms with Crippen LogP contribution in [0.3, 0.4) is 0 Å². The Balaban J connectivity index is 2.14. The third kappa shape index (κ3) is 3.56. The Labute approximate surface area is 128 Å². The normalized spacial score (nSPS) is 30.1. The number of fused-ring (bicyclic) bond motifs is 1. The molecule has 118 valence electrons. The van der Waals surface area contributed by atoms with Crippen LogP contribution in [0.25, 0.3) is 0 Å². The Morgan fingerprint density at radius 3 is 2.62 bits per heavy atom. The fraction of sp³-hybridized carbons (Fsp3) is 0.778. The van der Waals surface area contributed by atoms with Gasteiger partial charge < -0.3 is 4.74 Å². The van der Waals surface area contributed by atoms with Gasteiger partial charge in [-0.25, -0.2) is 0 Å². The van der Waals surface area contributed by atoms with Gasteiger partial charge in [0.2, 0.25) is 0 Å². The van der Waals surface area contributed by atoms with Crippen LogP contribution in [0.1, 0.15) is 73.1 Å². The van der Waals surface area contributed by atoms with E-state index in [2.05, 4.69) is 6.92 Å². The molecule has 0 aromatic carbocycles. The topological polar surface area (TPSA) is 43.4 Å². The van der Waals surface area contributed by atoms with E-state index >= 15 is 0 Å². The van der Waals surface area contributed by atoms with Gasteiger partial charge in [-0.2, -0.15) is 0 Å². The summed E-state index contributed by atoms with van der Waals surface area (Å²) < 4.78 is 5.54. The zero-order valence-electron chi connectivity index (χ0n) is 14.0. The van der Waals surface area contributed by atoms with Crippen LogP contribution >= 0.6 is 0 Å². The molecule has 0 aliphatic heterocycles. The van der Waals surface area contributed by atoms with E-state index in [-0.39, 0.29) is 22.6 Å². The molecule has 1 saturated carbocycles. The van der Waals surface area contributed by atoms with Crippen LogP contribution in [0.5, 0.6) is 0 Å². The van der Waals surface area contributed by atoms with Crippen LogP contribution in [0.15, 0.2) is 11.1 Å². The Bertz CT molecular complexity index is 481. The van der Waals surface area contributed by atoms with Crippen molar-refractivity contribution in [1.82, 2.24) is 0 Å². The summed E-state index contributed by atoms with van der Waals surface area (Å²) in [7, 11) is 0. The SMILES string of the molecule is CC1=C2CCCCC2(C)CC(OC(=O)CC(C)(C)C)C1=O. The Hall–Kier alpha value is -1.12. The number of ether oxygens (including phenoxy) is 1. The van der Waals surface area contributed by atoms with Crippen molar-refractivity contribution in [1.29, 1.82) is 0 Å². The third-order valence-electron chi connectivity index (χ3n) is 4.83. The highest BCUT2D eigenvalue weighted by atomic mass is 16.5. The summed E-state index contributed by atoms with van der Waals surface area (Å²) in [5.41, 5.74) is 2.08. The van der Waals surface area contributed by atoms with Gasteiger partial charge in [-0.1, -0.05) is 39.7 Å². The number of Topliss-reactive ketones (excluding diaryl/α,β-unsaturated/α-hetero) is 1. The van der Waals surface area contributed by atoms with E-state index in [1.807, 2.05) is 27.7 Å². The van der Waals surface area contributed by atoms with Gasteiger partial charge in [-0.05, 0) is 42.6 Å². The second-order valence-corrected chi connectivity index (χ2v) is 8.16. The van der Waals surface area contributed by atoms with Gasteiger partial charge in [-0.15, -0.1) is 0 Å². The van der Waals surface area contributed by atoms with Crippen LogP contribution < -0.4 is 0 Å². The molecule has 2 aliphatic rings. The zero-order chi connectivity index (χ0) is 15.8. The molecule has 0 saturated heterocycles. The van der Waals surface area contributed by atoms with Crippen LogP contribution in [0, 0.1) is 10.8 Å². The maximum absolute atomic E-state index is 12.5. The number of carbonyl (C=O) groups excluding carboxylic acids is 2. The van der Waals surface area contributed by atoms with Crippen LogP contribution in [0.2, 0.25) is 0 Å². The van der Waals surface area contributed by atoms with Gasteiger partial charge in [0.25, 0.3) is 0 Å². The van der Waals surface area contributed by atoms with Crippen molar-refractivity contribution < 1.29 is 14.3 Å². The summed E-state index contributed by atoms with van der Waals surface area (Å²) in [5.74, 6) is -0.233. The van der Waals surface area contributed by atoms with Crippen molar-refractivity contribution >= 4 is 11.8 Å². The van der Waals surface area contributed by atoms with Crippen molar-refractivity contribution in [2.75, 3.05) is 0 Å². The Morgan fingerprint density at radius 1 is 1.33 bits per heavy atom. The molecular formula is C18H28O3. The lowest BCUT2D eigenvalue weighted by molar-refractivity contribution is -0.158. The smallest absolute Gasteiger partial charge is 0.307 e. The minimum absolute atomic E-state index is 0.0200. The summed E-state index contributed by atoms with van der Waals surface area (Å²) >= 11 is 0. The molecule has 0 aromatic heterocycles. The number of ketones is 1. The largest absolute Gasteiger partial charge is 0.454 e. The molecule has 0 N–H and O–H groups in total. The standard InChI is InChI=1S/C18H28O3/c1-12-13-8-6-7-9-18(13,5)10-14(16(12)20)21-15(19)11-17(2,3)4/h14H,6-11H2,1-5H3. The molecule has 0 aromatic rings. The quantitative estimate of drug-likeness (QED) is 0.716. The van der Waals surface area contributed by atoms with Crippen molar-refractivity contribution in [3.8, 4) is 0 Å². The van der Waals surface area contributed by atoms with Crippen LogP contribution in [0.4, 0.5) is 0 Å². The van der Waals surface area contributed by atoms with Crippen molar-refractivity contribution in [2.45, 2.75) is 79.2 Å². The van der Waals surface area contributed by atoms with E-state index < -0.39 is 6.10 Å². The highest BCUT2D eigenvalue weighted by Crippen LogP contribution is 2.49. The molecule has 0 radical (unpaired) electrons. The lowest BCUT2D eigenvalue weighted by atomic mass is 9.63. The highest BCUT2D eigenvalue weighted by Gasteiger charge is 2.44. The predicted octanol–water partition coefficient (Wildman–Crippen LogP) is 4.20. The molecule has 3 heteroatoms. The first-order valence-electron chi connectivity index (χ1n) is 8.06. The summed E-state index contributed by atoms with van der Waals surface area (Å²) in [5, 5.41) is 0. The number of hydrogen-bond acceptors (Lipinski definition) is 3. The van der Waals surface area contributed by atoms with Gasteiger partial charge in [0.15, 0.2) is 11.9 Å². The average molecular weight is 292 g/mol.